The molecular formula is C15H11BrN2O2. The van der Waals surface area contributed by atoms with Crippen LogP contribution in [0.1, 0.15) is 12.7 Å². The van der Waals surface area contributed by atoms with E-state index in [0.717, 1.165) is 15.8 Å². The average Bonchev–Trinajstić information content (AvgIpc) is 3.01. The van der Waals surface area contributed by atoms with E-state index >= 15 is 0 Å². The molecule has 100 valence electrons. The van der Waals surface area contributed by atoms with E-state index < -0.39 is 0 Å². The number of hydrogen-bond acceptors (Lipinski definition) is 3. The Bertz CT molecular complexity index is 744. The van der Waals surface area contributed by atoms with Gasteiger partial charge in [-0.25, -0.2) is 5.43 Å². The number of carbonyl (C=O) groups is 1. The smallest absolute Gasteiger partial charge is 0.273 e. The maximum atomic E-state index is 11.6. The van der Waals surface area contributed by atoms with Crippen molar-refractivity contribution in [3.63, 3.8) is 0 Å². The highest BCUT2D eigenvalue weighted by Crippen LogP contribution is 2.26. The van der Waals surface area contributed by atoms with Gasteiger partial charge in [-0.3, -0.25) is 4.79 Å². The summed E-state index contributed by atoms with van der Waals surface area (Å²) in [6, 6.07) is 11.6. The van der Waals surface area contributed by atoms with Gasteiger partial charge in [0.1, 0.15) is 11.5 Å². The molecule has 4 nitrogen and oxygen atoms in total. The summed E-state index contributed by atoms with van der Waals surface area (Å²) in [6.45, 7) is 1.78. The van der Waals surface area contributed by atoms with Crippen LogP contribution < -0.4 is 5.43 Å². The third kappa shape index (κ3) is 2.44. The quantitative estimate of drug-likeness (QED) is 0.855. The molecule has 1 aromatic heterocycles. The molecule has 0 radical (unpaired) electrons. The standard InChI is InChI=1S/C15H11BrN2O2/c1-9-13(15(19)18-17-9)8-12-5-6-14(20-12)10-3-2-4-11(16)7-10/h2-8H,1H3,(H,18,19). The lowest BCUT2D eigenvalue weighted by Gasteiger charge is -1.97. The van der Waals surface area contributed by atoms with Gasteiger partial charge in [-0.15, -0.1) is 0 Å². The molecule has 20 heavy (non-hydrogen) atoms. The highest BCUT2D eigenvalue weighted by atomic mass is 79.9. The minimum Gasteiger partial charge on any atom is -0.457 e. The predicted molar refractivity (Wildman–Crippen MR) is 81.1 cm³/mol. The van der Waals surface area contributed by atoms with Gasteiger partial charge in [0.25, 0.3) is 5.91 Å². The van der Waals surface area contributed by atoms with Crippen molar-refractivity contribution in [3.05, 3.63) is 52.2 Å². The molecule has 2 aromatic rings. The Hall–Kier alpha value is -2.14. The van der Waals surface area contributed by atoms with Crippen molar-refractivity contribution in [3.8, 4) is 11.3 Å². The van der Waals surface area contributed by atoms with Gasteiger partial charge >= 0.3 is 0 Å². The van der Waals surface area contributed by atoms with Crippen molar-refractivity contribution in [2.45, 2.75) is 6.92 Å². The first-order valence-electron chi connectivity index (χ1n) is 6.06. The molecule has 0 atom stereocenters. The lowest BCUT2D eigenvalue weighted by Crippen LogP contribution is -2.12. The second kappa shape index (κ2) is 5.09. The number of nitrogens with one attached hydrogen (secondary N) is 1. The zero-order valence-corrected chi connectivity index (χ0v) is 12.3. The largest absolute Gasteiger partial charge is 0.457 e. The molecule has 1 aliphatic heterocycles. The fraction of sp³-hybridized carbons (Fsp3) is 0.0667. The van der Waals surface area contributed by atoms with Crippen LogP contribution in [0.3, 0.4) is 0 Å². The summed E-state index contributed by atoms with van der Waals surface area (Å²) in [5, 5.41) is 3.87. The Morgan fingerprint density at radius 3 is 2.85 bits per heavy atom. The van der Waals surface area contributed by atoms with Gasteiger partial charge in [0, 0.05) is 10.0 Å². The highest BCUT2D eigenvalue weighted by Gasteiger charge is 2.19. The molecule has 3 rings (SSSR count). The summed E-state index contributed by atoms with van der Waals surface area (Å²) < 4.78 is 6.74. The van der Waals surface area contributed by atoms with E-state index in [1.54, 1.807) is 13.0 Å². The Balaban J connectivity index is 1.93. The molecular weight excluding hydrogens is 320 g/mol. The maximum Gasteiger partial charge on any atom is 0.273 e. The summed E-state index contributed by atoms with van der Waals surface area (Å²) in [5.74, 6) is 1.18. The Morgan fingerprint density at radius 2 is 2.15 bits per heavy atom. The van der Waals surface area contributed by atoms with Gasteiger partial charge in [0.2, 0.25) is 0 Å². The second-order valence-corrected chi connectivity index (χ2v) is 5.32. The Kier molecular flexibility index (Phi) is 3.28. The number of nitrogens with zero attached hydrogens (tertiary/aromatic N) is 1. The van der Waals surface area contributed by atoms with Gasteiger partial charge in [-0.1, -0.05) is 28.1 Å². The molecule has 0 spiro atoms. The molecule has 0 aliphatic carbocycles. The highest BCUT2D eigenvalue weighted by molar-refractivity contribution is 9.10. The zero-order chi connectivity index (χ0) is 14.1. The van der Waals surface area contributed by atoms with Crippen LogP contribution in [0.15, 0.2) is 56.0 Å². The number of rotatable bonds is 2. The molecule has 5 heteroatoms. The SMILES string of the molecule is CC1=NNC(=O)C1=Cc1ccc(-c2cccc(Br)c2)o1. The van der Waals surface area contributed by atoms with Crippen LogP contribution >= 0.6 is 15.9 Å². The van der Waals surface area contributed by atoms with Gasteiger partial charge < -0.3 is 4.42 Å². The van der Waals surface area contributed by atoms with Crippen LogP contribution in [-0.2, 0) is 4.79 Å². The first-order valence-corrected chi connectivity index (χ1v) is 6.85. The number of benzene rings is 1. The first-order chi connectivity index (χ1) is 9.63. The van der Waals surface area contributed by atoms with Crippen LogP contribution in [0.4, 0.5) is 0 Å². The van der Waals surface area contributed by atoms with Crippen molar-refractivity contribution in [2.75, 3.05) is 0 Å². The van der Waals surface area contributed by atoms with E-state index in [-0.39, 0.29) is 5.91 Å². The summed E-state index contributed by atoms with van der Waals surface area (Å²) in [6.07, 6.45) is 1.70. The van der Waals surface area contributed by atoms with E-state index in [2.05, 4.69) is 26.5 Å². The zero-order valence-electron chi connectivity index (χ0n) is 10.7. The van der Waals surface area contributed by atoms with Crippen molar-refractivity contribution >= 4 is 33.6 Å². The van der Waals surface area contributed by atoms with Crippen LogP contribution in [-0.4, -0.2) is 11.6 Å². The summed E-state index contributed by atoms with van der Waals surface area (Å²) >= 11 is 3.43. The first kappa shape index (κ1) is 12.9. The topological polar surface area (TPSA) is 54.6 Å². The summed E-state index contributed by atoms with van der Waals surface area (Å²) in [4.78, 5) is 11.6. The van der Waals surface area contributed by atoms with Crippen molar-refractivity contribution in [1.82, 2.24) is 5.43 Å². The lowest BCUT2D eigenvalue weighted by molar-refractivity contribution is -0.116. The lowest BCUT2D eigenvalue weighted by atomic mass is 10.1. The molecule has 1 aromatic carbocycles. The van der Waals surface area contributed by atoms with E-state index in [0.29, 0.717) is 17.0 Å². The predicted octanol–water partition coefficient (Wildman–Crippen LogP) is 3.60. The fourth-order valence-corrected chi connectivity index (χ4v) is 2.36. The summed E-state index contributed by atoms with van der Waals surface area (Å²) in [5.41, 5.74) is 4.59. The van der Waals surface area contributed by atoms with E-state index in [1.165, 1.54) is 0 Å². The number of amides is 1. The van der Waals surface area contributed by atoms with Gasteiger partial charge in [-0.2, -0.15) is 5.10 Å². The molecule has 0 saturated heterocycles. The monoisotopic (exact) mass is 330 g/mol. The molecule has 1 amide bonds. The van der Waals surface area contributed by atoms with E-state index in [9.17, 15) is 4.79 Å². The van der Waals surface area contributed by atoms with E-state index in [4.69, 9.17) is 4.42 Å². The van der Waals surface area contributed by atoms with Gasteiger partial charge in [0.15, 0.2) is 0 Å². The molecule has 0 bridgehead atoms. The van der Waals surface area contributed by atoms with Crippen molar-refractivity contribution in [2.24, 2.45) is 5.10 Å². The van der Waals surface area contributed by atoms with E-state index in [1.807, 2.05) is 36.4 Å². The normalized spacial score (nSPS) is 16.4. The maximum absolute atomic E-state index is 11.6. The van der Waals surface area contributed by atoms with Gasteiger partial charge in [-0.05, 0) is 37.3 Å². The Morgan fingerprint density at radius 1 is 1.30 bits per heavy atom. The average molecular weight is 331 g/mol. The third-order valence-electron chi connectivity index (χ3n) is 2.98. The van der Waals surface area contributed by atoms with Crippen LogP contribution in [0, 0.1) is 0 Å². The van der Waals surface area contributed by atoms with Crippen LogP contribution in [0.2, 0.25) is 0 Å². The second-order valence-electron chi connectivity index (χ2n) is 4.41. The number of furan rings is 1. The van der Waals surface area contributed by atoms with Gasteiger partial charge in [0.05, 0.1) is 11.3 Å². The van der Waals surface area contributed by atoms with Crippen LogP contribution in [0.5, 0.6) is 0 Å². The van der Waals surface area contributed by atoms with Crippen molar-refractivity contribution in [1.29, 1.82) is 0 Å². The third-order valence-corrected chi connectivity index (χ3v) is 3.48. The molecule has 1 aliphatic rings. The number of hydrogen-bond donors (Lipinski definition) is 1. The fourth-order valence-electron chi connectivity index (χ4n) is 1.96. The molecule has 2 heterocycles. The minimum absolute atomic E-state index is 0.206. The number of hydrazone groups is 1. The number of carbonyl (C=O) groups excluding carboxylic acids is 1. The number of halogens is 1. The molecule has 0 unspecified atom stereocenters. The molecule has 1 N–H and O–H groups in total. The molecule has 0 saturated carbocycles. The Labute approximate surface area is 124 Å². The van der Waals surface area contributed by atoms with Crippen molar-refractivity contribution < 1.29 is 9.21 Å². The minimum atomic E-state index is -0.206. The van der Waals surface area contributed by atoms with Crippen LogP contribution in [0.25, 0.3) is 17.4 Å². The molecule has 0 fully saturated rings. The summed E-state index contributed by atoms with van der Waals surface area (Å²) in [7, 11) is 0.